The Balaban J connectivity index is 2.11. The maximum Gasteiger partial charge on any atom is 0.264 e. The van der Waals surface area contributed by atoms with Crippen LogP contribution in [0.5, 0.6) is 11.5 Å². The highest BCUT2D eigenvalue weighted by Gasteiger charge is 2.34. The fourth-order valence-corrected chi connectivity index (χ4v) is 5.99. The molecule has 2 amide bonds. The fraction of sp³-hybridized carbons (Fsp3) is 0.375. The van der Waals surface area contributed by atoms with Crippen LogP contribution in [0.1, 0.15) is 44.7 Å². The normalized spacial score (nSPS) is 12.6. The molecule has 2 unspecified atom stereocenters. The van der Waals surface area contributed by atoms with Crippen molar-refractivity contribution in [3.63, 3.8) is 0 Å². The number of aryl methyl sites for hydroxylation is 1. The van der Waals surface area contributed by atoms with E-state index in [0.29, 0.717) is 17.9 Å². The van der Waals surface area contributed by atoms with E-state index >= 15 is 0 Å². The second-order valence-electron chi connectivity index (χ2n) is 10.1. The fourth-order valence-electron chi connectivity index (χ4n) is 4.56. The average molecular weight is 596 g/mol. The first-order valence-corrected chi connectivity index (χ1v) is 15.4. The van der Waals surface area contributed by atoms with Gasteiger partial charge in [-0.3, -0.25) is 13.9 Å². The molecule has 3 rings (SSSR count). The van der Waals surface area contributed by atoms with Gasteiger partial charge in [-0.05, 0) is 62.1 Å². The second-order valence-corrected chi connectivity index (χ2v) is 11.9. The number of amides is 2. The Morgan fingerprint density at radius 1 is 0.881 bits per heavy atom. The molecule has 0 radical (unpaired) electrons. The largest absolute Gasteiger partial charge is 0.493 e. The Kier molecular flexibility index (Phi) is 11.4. The van der Waals surface area contributed by atoms with E-state index in [1.807, 2.05) is 52.0 Å². The van der Waals surface area contributed by atoms with Crippen molar-refractivity contribution in [3.8, 4) is 11.5 Å². The van der Waals surface area contributed by atoms with Crippen LogP contribution in [0.2, 0.25) is 0 Å². The lowest BCUT2D eigenvalue weighted by Gasteiger charge is -2.34. The van der Waals surface area contributed by atoms with E-state index in [-0.39, 0.29) is 29.1 Å². The number of hydrogen-bond acceptors (Lipinski definition) is 6. The van der Waals surface area contributed by atoms with E-state index in [0.717, 1.165) is 21.9 Å². The molecule has 0 aliphatic heterocycles. The van der Waals surface area contributed by atoms with Gasteiger partial charge in [0.2, 0.25) is 11.8 Å². The topological polar surface area (TPSA) is 105 Å². The summed E-state index contributed by atoms with van der Waals surface area (Å²) in [5.74, 6) is -0.0681. The van der Waals surface area contributed by atoms with Crippen LogP contribution in [0.25, 0.3) is 0 Å². The van der Waals surface area contributed by atoms with Gasteiger partial charge in [-0.15, -0.1) is 0 Å². The maximum atomic E-state index is 14.2. The highest BCUT2D eigenvalue weighted by molar-refractivity contribution is 7.92. The summed E-state index contributed by atoms with van der Waals surface area (Å²) in [7, 11) is -1.26. The molecule has 1 N–H and O–H groups in total. The molecular formula is C32H41N3O6S. The summed E-state index contributed by atoms with van der Waals surface area (Å²) < 4.78 is 39.9. The minimum absolute atomic E-state index is 0.0274. The first-order valence-electron chi connectivity index (χ1n) is 14.0. The Hall–Kier alpha value is -4.05. The van der Waals surface area contributed by atoms with Crippen molar-refractivity contribution in [3.05, 3.63) is 83.9 Å². The molecule has 0 fully saturated rings. The van der Waals surface area contributed by atoms with E-state index in [9.17, 15) is 18.0 Å². The van der Waals surface area contributed by atoms with E-state index in [2.05, 4.69) is 5.32 Å². The predicted molar refractivity (Wildman–Crippen MR) is 164 cm³/mol. The van der Waals surface area contributed by atoms with Crippen LogP contribution < -0.4 is 19.1 Å². The van der Waals surface area contributed by atoms with Gasteiger partial charge in [-0.25, -0.2) is 8.42 Å². The summed E-state index contributed by atoms with van der Waals surface area (Å²) in [5.41, 5.74) is 2.04. The molecule has 2 atom stereocenters. The Morgan fingerprint density at radius 3 is 2.12 bits per heavy atom. The smallest absolute Gasteiger partial charge is 0.264 e. The van der Waals surface area contributed by atoms with Crippen molar-refractivity contribution in [2.75, 3.05) is 25.1 Å². The number of anilines is 1. The number of rotatable bonds is 14. The van der Waals surface area contributed by atoms with Gasteiger partial charge in [0.1, 0.15) is 12.6 Å². The molecule has 42 heavy (non-hydrogen) atoms. The summed E-state index contributed by atoms with van der Waals surface area (Å²) in [6.07, 6.45) is 1.08. The Labute approximate surface area is 249 Å². The molecule has 0 aromatic heterocycles. The summed E-state index contributed by atoms with van der Waals surface area (Å²) >= 11 is 0. The second kappa shape index (κ2) is 14.7. The monoisotopic (exact) mass is 595 g/mol. The van der Waals surface area contributed by atoms with Crippen LogP contribution >= 0.6 is 0 Å². The number of methoxy groups -OCH3 is 2. The number of nitrogens with zero attached hydrogens (tertiary/aromatic N) is 2. The molecule has 0 aliphatic rings. The van der Waals surface area contributed by atoms with Crippen LogP contribution in [-0.2, 0) is 26.2 Å². The SMILES string of the molecule is CCC(C)NC(=O)C(CC)N(Cc1ccccc1C)C(=O)CN(c1ccc(OC)c(OC)c1)S(=O)(=O)c1ccccc1. The van der Waals surface area contributed by atoms with Gasteiger partial charge in [-0.1, -0.05) is 56.3 Å². The number of carbonyl (C=O) groups is 2. The van der Waals surface area contributed by atoms with Crippen LogP contribution in [0, 0.1) is 6.92 Å². The first-order chi connectivity index (χ1) is 20.1. The molecule has 3 aromatic carbocycles. The zero-order chi connectivity index (χ0) is 30.9. The lowest BCUT2D eigenvalue weighted by atomic mass is 10.1. The van der Waals surface area contributed by atoms with Gasteiger partial charge < -0.3 is 19.7 Å². The first kappa shape index (κ1) is 32.5. The van der Waals surface area contributed by atoms with Gasteiger partial charge in [-0.2, -0.15) is 0 Å². The van der Waals surface area contributed by atoms with E-state index < -0.39 is 28.5 Å². The standard InChI is InChI=1S/C32H41N3O6S/c1-7-24(4)33-32(37)28(8-2)34(21-25-15-13-12-14-23(25)3)31(36)22-35(42(38,39)27-16-10-9-11-17-27)26-18-19-29(40-5)30(20-26)41-6/h9-20,24,28H,7-8,21-22H2,1-6H3,(H,33,37). The molecule has 9 nitrogen and oxygen atoms in total. The predicted octanol–water partition coefficient (Wildman–Crippen LogP) is 4.93. The molecule has 0 bridgehead atoms. The molecule has 10 heteroatoms. The van der Waals surface area contributed by atoms with Crippen molar-refractivity contribution in [1.82, 2.24) is 10.2 Å². The molecule has 0 saturated heterocycles. The van der Waals surface area contributed by atoms with Crippen molar-refractivity contribution >= 4 is 27.5 Å². The Bertz CT molecular complexity index is 1460. The third kappa shape index (κ3) is 7.61. The number of carbonyl (C=O) groups excluding carboxylic acids is 2. The van der Waals surface area contributed by atoms with E-state index in [4.69, 9.17) is 9.47 Å². The molecule has 3 aromatic rings. The highest BCUT2D eigenvalue weighted by atomic mass is 32.2. The average Bonchev–Trinajstić information content (AvgIpc) is 3.00. The number of sulfonamides is 1. The zero-order valence-electron chi connectivity index (χ0n) is 25.2. The molecule has 0 spiro atoms. The minimum atomic E-state index is -4.19. The number of hydrogen-bond donors (Lipinski definition) is 1. The number of nitrogens with one attached hydrogen (secondary N) is 1. The quantitative estimate of drug-likeness (QED) is 0.283. The van der Waals surface area contributed by atoms with Gasteiger partial charge in [0.25, 0.3) is 10.0 Å². The summed E-state index contributed by atoms with van der Waals surface area (Å²) in [6, 6.07) is 19.3. The highest BCUT2D eigenvalue weighted by Crippen LogP contribution is 2.34. The minimum Gasteiger partial charge on any atom is -0.493 e. The third-order valence-electron chi connectivity index (χ3n) is 7.25. The maximum absolute atomic E-state index is 14.2. The van der Waals surface area contributed by atoms with Crippen molar-refractivity contribution in [1.29, 1.82) is 0 Å². The van der Waals surface area contributed by atoms with Gasteiger partial charge >= 0.3 is 0 Å². The van der Waals surface area contributed by atoms with Crippen LogP contribution in [-0.4, -0.2) is 58.0 Å². The molecule has 0 saturated carbocycles. The van der Waals surface area contributed by atoms with Crippen LogP contribution in [0.15, 0.2) is 77.7 Å². The number of ether oxygens (including phenoxy) is 2. The molecule has 226 valence electrons. The zero-order valence-corrected chi connectivity index (χ0v) is 26.0. The van der Waals surface area contributed by atoms with E-state index in [1.54, 1.807) is 30.3 Å². The summed E-state index contributed by atoms with van der Waals surface area (Å²) in [5, 5.41) is 2.99. The lowest BCUT2D eigenvalue weighted by molar-refractivity contribution is -0.140. The molecular weight excluding hydrogens is 554 g/mol. The lowest BCUT2D eigenvalue weighted by Crippen LogP contribution is -2.53. The third-order valence-corrected chi connectivity index (χ3v) is 9.04. The molecule has 0 heterocycles. The van der Waals surface area contributed by atoms with Crippen LogP contribution in [0.4, 0.5) is 5.69 Å². The van der Waals surface area contributed by atoms with Crippen molar-refractivity contribution in [2.24, 2.45) is 0 Å². The van der Waals surface area contributed by atoms with E-state index in [1.165, 1.54) is 37.3 Å². The van der Waals surface area contributed by atoms with Crippen molar-refractivity contribution in [2.45, 2.75) is 64.1 Å². The van der Waals surface area contributed by atoms with Gasteiger partial charge in [0.15, 0.2) is 11.5 Å². The van der Waals surface area contributed by atoms with Gasteiger partial charge in [0, 0.05) is 18.7 Å². The summed E-state index contributed by atoms with van der Waals surface area (Å²) in [4.78, 5) is 29.2. The number of benzene rings is 3. The van der Waals surface area contributed by atoms with Gasteiger partial charge in [0.05, 0.1) is 24.8 Å². The molecule has 0 aliphatic carbocycles. The Morgan fingerprint density at radius 2 is 1.52 bits per heavy atom. The van der Waals surface area contributed by atoms with Crippen molar-refractivity contribution < 1.29 is 27.5 Å². The summed E-state index contributed by atoms with van der Waals surface area (Å²) in [6.45, 7) is 7.26. The van der Waals surface area contributed by atoms with Crippen LogP contribution in [0.3, 0.4) is 0 Å².